The van der Waals surface area contributed by atoms with E-state index in [0.717, 1.165) is 39.0 Å². The summed E-state index contributed by atoms with van der Waals surface area (Å²) in [5, 5.41) is 0. The van der Waals surface area contributed by atoms with Crippen LogP contribution < -0.4 is 0 Å². The lowest BCUT2D eigenvalue weighted by atomic mass is 9.91. The Morgan fingerprint density at radius 2 is 1.08 bits per heavy atom. The molecule has 0 amide bonds. The lowest BCUT2D eigenvalue weighted by Gasteiger charge is -2.37. The quantitative estimate of drug-likeness (QED) is 0.107. The van der Waals surface area contributed by atoms with E-state index in [1.54, 1.807) is 0 Å². The molecule has 0 saturated carbocycles. The van der Waals surface area contributed by atoms with E-state index in [9.17, 15) is 39.5 Å². The standard InChI is InChI=1S/C16H24F9I/c1-3-4-5-6-7-8-9-10-12(2,26)11-13(17,18)14(19,20)15(21,22)16(23,24)25/h3-11H2,1-2H3. The third-order valence-corrected chi connectivity index (χ3v) is 5.02. The van der Waals surface area contributed by atoms with Crippen molar-refractivity contribution in [2.45, 2.75) is 99.0 Å². The van der Waals surface area contributed by atoms with Crippen LogP contribution in [0.5, 0.6) is 0 Å². The summed E-state index contributed by atoms with van der Waals surface area (Å²) < 4.78 is 115. The molecule has 26 heavy (non-hydrogen) atoms. The van der Waals surface area contributed by atoms with Crippen LogP contribution in [0.25, 0.3) is 0 Å². The first-order valence-corrected chi connectivity index (χ1v) is 9.49. The molecule has 1 unspecified atom stereocenters. The topological polar surface area (TPSA) is 0 Å². The zero-order valence-electron chi connectivity index (χ0n) is 14.6. The SMILES string of the molecule is CCCCCCCCCC(C)(I)CC(F)(F)C(F)(F)C(F)(F)C(F)(F)F. The van der Waals surface area contributed by atoms with Crippen molar-refractivity contribution in [3.05, 3.63) is 0 Å². The van der Waals surface area contributed by atoms with Crippen LogP contribution in [-0.4, -0.2) is 27.4 Å². The number of alkyl halides is 10. The largest absolute Gasteiger partial charge is 0.460 e. The highest BCUT2D eigenvalue weighted by atomic mass is 127. The van der Waals surface area contributed by atoms with Gasteiger partial charge >= 0.3 is 23.9 Å². The lowest BCUT2D eigenvalue weighted by Crippen LogP contribution is -2.61. The first-order valence-electron chi connectivity index (χ1n) is 8.41. The average molecular weight is 514 g/mol. The van der Waals surface area contributed by atoms with Gasteiger partial charge in [0.2, 0.25) is 0 Å². The molecule has 0 spiro atoms. The molecule has 0 saturated heterocycles. The molecule has 0 aliphatic carbocycles. The average Bonchev–Trinajstić information content (AvgIpc) is 2.43. The molecule has 0 aromatic carbocycles. The van der Waals surface area contributed by atoms with E-state index in [2.05, 4.69) is 0 Å². The van der Waals surface area contributed by atoms with Gasteiger partial charge in [0.25, 0.3) is 0 Å². The van der Waals surface area contributed by atoms with Crippen molar-refractivity contribution in [1.82, 2.24) is 0 Å². The van der Waals surface area contributed by atoms with E-state index in [4.69, 9.17) is 0 Å². The minimum atomic E-state index is -6.81. The van der Waals surface area contributed by atoms with E-state index in [0.29, 0.717) is 12.8 Å². The number of hydrogen-bond donors (Lipinski definition) is 0. The predicted molar refractivity (Wildman–Crippen MR) is 90.5 cm³/mol. The molecule has 0 aliphatic rings. The Morgan fingerprint density at radius 1 is 0.654 bits per heavy atom. The van der Waals surface area contributed by atoms with Crippen molar-refractivity contribution < 1.29 is 39.5 Å². The Balaban J connectivity index is 4.79. The Morgan fingerprint density at radius 3 is 1.50 bits per heavy atom. The Kier molecular flexibility index (Phi) is 9.57. The summed E-state index contributed by atoms with van der Waals surface area (Å²) in [6.07, 6.45) is -2.54. The lowest BCUT2D eigenvalue weighted by molar-refractivity contribution is -0.397. The zero-order valence-corrected chi connectivity index (χ0v) is 16.8. The van der Waals surface area contributed by atoms with Gasteiger partial charge in [0.05, 0.1) is 0 Å². The van der Waals surface area contributed by atoms with Gasteiger partial charge in [-0.05, 0) is 6.42 Å². The summed E-state index contributed by atoms with van der Waals surface area (Å²) in [5.74, 6) is -18.8. The minimum absolute atomic E-state index is 0.0184. The maximum Gasteiger partial charge on any atom is 0.460 e. The third-order valence-electron chi connectivity index (χ3n) is 4.10. The van der Waals surface area contributed by atoms with Crippen LogP contribution in [0, 0.1) is 0 Å². The third kappa shape index (κ3) is 6.92. The molecule has 0 radical (unpaired) electrons. The molecule has 10 heteroatoms. The summed E-state index contributed by atoms with van der Waals surface area (Å²) in [6.45, 7) is 3.19. The fraction of sp³-hybridized carbons (Fsp3) is 1.00. The molecule has 0 bridgehead atoms. The first-order chi connectivity index (χ1) is 11.5. The van der Waals surface area contributed by atoms with Gasteiger partial charge < -0.3 is 0 Å². The van der Waals surface area contributed by atoms with Crippen molar-refractivity contribution >= 4 is 22.6 Å². The van der Waals surface area contributed by atoms with Gasteiger partial charge in [-0.25, -0.2) is 0 Å². The monoisotopic (exact) mass is 514 g/mol. The van der Waals surface area contributed by atoms with Gasteiger partial charge in [0.1, 0.15) is 0 Å². The predicted octanol–water partition coefficient (Wildman–Crippen LogP) is 8.18. The van der Waals surface area contributed by atoms with Crippen LogP contribution in [-0.2, 0) is 0 Å². The summed E-state index contributed by atoms with van der Waals surface area (Å²) in [5.41, 5.74) is 0. The maximum atomic E-state index is 13.7. The highest BCUT2D eigenvalue weighted by Crippen LogP contribution is 2.56. The van der Waals surface area contributed by atoms with Crippen molar-refractivity contribution in [3.63, 3.8) is 0 Å². The fourth-order valence-corrected chi connectivity index (χ4v) is 3.38. The summed E-state index contributed by atoms with van der Waals surface area (Å²) >= 11 is 1.42. The van der Waals surface area contributed by atoms with E-state index < -0.39 is 33.8 Å². The van der Waals surface area contributed by atoms with Crippen LogP contribution in [0.15, 0.2) is 0 Å². The van der Waals surface area contributed by atoms with Crippen molar-refractivity contribution in [3.8, 4) is 0 Å². The van der Waals surface area contributed by atoms with Gasteiger partial charge in [-0.2, -0.15) is 39.5 Å². The number of hydrogen-bond acceptors (Lipinski definition) is 0. The molecule has 158 valence electrons. The second-order valence-electron chi connectivity index (χ2n) is 6.81. The highest BCUT2D eigenvalue weighted by Gasteiger charge is 2.81. The molecule has 0 heterocycles. The molecule has 0 fully saturated rings. The van der Waals surface area contributed by atoms with Crippen molar-refractivity contribution in [2.24, 2.45) is 0 Å². The Labute approximate surface area is 161 Å². The Hall–Kier alpha value is 0.1000. The Bertz CT molecular complexity index is 416. The normalized spacial score (nSPS) is 16.6. The van der Waals surface area contributed by atoms with E-state index >= 15 is 0 Å². The van der Waals surface area contributed by atoms with E-state index in [1.165, 1.54) is 22.6 Å². The fourth-order valence-electron chi connectivity index (χ4n) is 2.52. The molecule has 0 nitrogen and oxygen atoms in total. The van der Waals surface area contributed by atoms with E-state index in [-0.39, 0.29) is 6.42 Å². The molecule has 0 aromatic rings. The van der Waals surface area contributed by atoms with Gasteiger partial charge in [-0.1, -0.05) is 81.4 Å². The van der Waals surface area contributed by atoms with Crippen LogP contribution in [0.3, 0.4) is 0 Å². The number of unbranched alkanes of at least 4 members (excludes halogenated alkanes) is 6. The minimum Gasteiger partial charge on any atom is -0.200 e. The van der Waals surface area contributed by atoms with E-state index in [1.807, 2.05) is 6.92 Å². The molecular formula is C16H24F9I. The van der Waals surface area contributed by atoms with Crippen molar-refractivity contribution in [2.75, 3.05) is 0 Å². The second kappa shape index (κ2) is 9.54. The molecule has 0 aliphatic heterocycles. The van der Waals surface area contributed by atoms with Crippen molar-refractivity contribution in [1.29, 1.82) is 0 Å². The first kappa shape index (κ1) is 26.1. The molecular weight excluding hydrogens is 490 g/mol. The molecule has 0 N–H and O–H groups in total. The van der Waals surface area contributed by atoms with Crippen LogP contribution in [0.1, 0.15) is 71.6 Å². The van der Waals surface area contributed by atoms with Crippen LogP contribution in [0.4, 0.5) is 39.5 Å². The highest BCUT2D eigenvalue weighted by molar-refractivity contribution is 14.1. The zero-order chi connectivity index (χ0) is 20.9. The summed E-state index contributed by atoms with van der Waals surface area (Å²) in [6, 6.07) is 0. The van der Waals surface area contributed by atoms with Gasteiger partial charge in [0.15, 0.2) is 0 Å². The molecule has 0 aromatic heterocycles. The van der Waals surface area contributed by atoms with Crippen LogP contribution >= 0.6 is 22.6 Å². The second-order valence-corrected chi connectivity index (χ2v) is 9.42. The summed E-state index contributed by atoms with van der Waals surface area (Å²) in [7, 11) is 0. The number of rotatable bonds is 12. The maximum absolute atomic E-state index is 13.7. The van der Waals surface area contributed by atoms with Gasteiger partial charge in [0, 0.05) is 9.84 Å². The van der Waals surface area contributed by atoms with Gasteiger partial charge in [-0.15, -0.1) is 0 Å². The molecule has 0 rings (SSSR count). The smallest absolute Gasteiger partial charge is 0.200 e. The van der Waals surface area contributed by atoms with Gasteiger partial charge in [-0.3, -0.25) is 0 Å². The molecule has 1 atom stereocenters. The number of halogens is 10. The van der Waals surface area contributed by atoms with Crippen LogP contribution in [0.2, 0.25) is 0 Å². The summed E-state index contributed by atoms with van der Waals surface area (Å²) in [4.78, 5) is 0.